The molecule has 0 aliphatic heterocycles. The van der Waals surface area contributed by atoms with Gasteiger partial charge in [-0.15, -0.1) is 0 Å². The van der Waals surface area contributed by atoms with Crippen molar-refractivity contribution in [1.29, 1.82) is 0 Å². The molecule has 1 aromatic heterocycles. The standard InChI is InChI=1S/C10H8N4O4/c1-18-10(15)7-2-3-8(14(16)17)9(4-7)13-6-11-5-12-13/h2-6H,1H3. The smallest absolute Gasteiger partial charge is 0.337 e. The van der Waals surface area contributed by atoms with Crippen LogP contribution in [0.3, 0.4) is 0 Å². The summed E-state index contributed by atoms with van der Waals surface area (Å²) in [6, 6.07) is 3.88. The van der Waals surface area contributed by atoms with E-state index in [1.807, 2.05) is 0 Å². The molecule has 0 fully saturated rings. The number of benzene rings is 1. The van der Waals surface area contributed by atoms with Crippen molar-refractivity contribution in [2.75, 3.05) is 7.11 Å². The quantitative estimate of drug-likeness (QED) is 0.455. The second kappa shape index (κ2) is 4.62. The van der Waals surface area contributed by atoms with Gasteiger partial charge >= 0.3 is 5.97 Å². The Hall–Kier alpha value is -2.77. The van der Waals surface area contributed by atoms with Crippen molar-refractivity contribution in [1.82, 2.24) is 14.8 Å². The Morgan fingerprint density at radius 2 is 2.28 bits per heavy atom. The Kier molecular flexibility index (Phi) is 3.00. The second-order valence-electron chi connectivity index (χ2n) is 3.29. The molecule has 1 heterocycles. The van der Waals surface area contributed by atoms with E-state index in [1.54, 1.807) is 0 Å². The first-order valence-electron chi connectivity index (χ1n) is 4.85. The van der Waals surface area contributed by atoms with Crippen LogP contribution in [0.15, 0.2) is 30.9 Å². The van der Waals surface area contributed by atoms with Crippen LogP contribution in [0.25, 0.3) is 5.69 Å². The zero-order chi connectivity index (χ0) is 13.1. The summed E-state index contributed by atoms with van der Waals surface area (Å²) >= 11 is 0. The molecule has 0 bridgehead atoms. The van der Waals surface area contributed by atoms with Gasteiger partial charge in [-0.1, -0.05) is 0 Å². The molecule has 0 aliphatic carbocycles. The number of rotatable bonds is 3. The van der Waals surface area contributed by atoms with E-state index >= 15 is 0 Å². The first kappa shape index (κ1) is 11.7. The third kappa shape index (κ3) is 2.03. The molecule has 0 saturated carbocycles. The summed E-state index contributed by atoms with van der Waals surface area (Å²) in [7, 11) is 1.24. The molecule has 0 amide bonds. The van der Waals surface area contributed by atoms with E-state index in [1.165, 1.54) is 42.6 Å². The summed E-state index contributed by atoms with van der Waals surface area (Å²) in [5.74, 6) is -0.578. The number of aromatic nitrogens is 3. The van der Waals surface area contributed by atoms with Crippen molar-refractivity contribution < 1.29 is 14.5 Å². The highest BCUT2D eigenvalue weighted by Gasteiger charge is 2.18. The van der Waals surface area contributed by atoms with E-state index in [0.717, 1.165) is 0 Å². The summed E-state index contributed by atoms with van der Waals surface area (Å²) in [6.07, 6.45) is 2.55. The normalized spacial score (nSPS) is 10.1. The summed E-state index contributed by atoms with van der Waals surface area (Å²) in [5, 5.41) is 14.7. The average molecular weight is 248 g/mol. The number of nitro groups is 1. The Bertz CT molecular complexity index is 594. The Morgan fingerprint density at radius 1 is 1.50 bits per heavy atom. The van der Waals surface area contributed by atoms with Crippen LogP contribution in [0.2, 0.25) is 0 Å². The van der Waals surface area contributed by atoms with Crippen molar-refractivity contribution in [2.45, 2.75) is 0 Å². The van der Waals surface area contributed by atoms with E-state index in [9.17, 15) is 14.9 Å². The highest BCUT2D eigenvalue weighted by Crippen LogP contribution is 2.23. The lowest BCUT2D eigenvalue weighted by Gasteiger charge is -2.04. The van der Waals surface area contributed by atoms with Crippen molar-refractivity contribution in [3.63, 3.8) is 0 Å². The minimum Gasteiger partial charge on any atom is -0.465 e. The summed E-state index contributed by atoms with van der Waals surface area (Å²) < 4.78 is 5.77. The number of nitro benzene ring substituents is 1. The van der Waals surface area contributed by atoms with E-state index < -0.39 is 10.9 Å². The van der Waals surface area contributed by atoms with Crippen LogP contribution < -0.4 is 0 Å². The second-order valence-corrected chi connectivity index (χ2v) is 3.29. The zero-order valence-corrected chi connectivity index (χ0v) is 9.31. The van der Waals surface area contributed by atoms with Gasteiger partial charge in [0.1, 0.15) is 18.3 Å². The number of carbonyl (C=O) groups excluding carboxylic acids is 1. The van der Waals surface area contributed by atoms with Crippen LogP contribution in [-0.4, -0.2) is 32.8 Å². The number of hydrogen-bond acceptors (Lipinski definition) is 6. The minimum absolute atomic E-state index is 0.153. The topological polar surface area (TPSA) is 100 Å². The van der Waals surface area contributed by atoms with Gasteiger partial charge in [0.05, 0.1) is 17.6 Å². The van der Waals surface area contributed by atoms with Crippen LogP contribution >= 0.6 is 0 Å². The SMILES string of the molecule is COC(=O)c1ccc([N+](=O)[O-])c(-n2cncn2)c1. The summed E-state index contributed by atoms with van der Waals surface area (Å²) in [4.78, 5) is 25.4. The summed E-state index contributed by atoms with van der Waals surface area (Å²) in [6.45, 7) is 0. The number of methoxy groups -OCH3 is 1. The van der Waals surface area contributed by atoms with Crippen molar-refractivity contribution in [3.8, 4) is 5.69 Å². The van der Waals surface area contributed by atoms with Gasteiger partial charge in [-0.25, -0.2) is 14.5 Å². The lowest BCUT2D eigenvalue weighted by molar-refractivity contribution is -0.384. The minimum atomic E-state index is -0.578. The van der Waals surface area contributed by atoms with Crippen molar-refractivity contribution in [3.05, 3.63) is 46.5 Å². The molecular formula is C10H8N4O4. The van der Waals surface area contributed by atoms with Gasteiger partial charge in [0.15, 0.2) is 0 Å². The van der Waals surface area contributed by atoms with E-state index in [0.29, 0.717) is 0 Å². The Morgan fingerprint density at radius 3 is 2.83 bits per heavy atom. The maximum Gasteiger partial charge on any atom is 0.337 e. The summed E-state index contributed by atoms with van der Waals surface area (Å²) in [5.41, 5.74) is 0.183. The van der Waals surface area contributed by atoms with Gasteiger partial charge < -0.3 is 4.74 Å². The number of ether oxygens (including phenoxy) is 1. The molecule has 0 aliphatic rings. The molecule has 2 aromatic rings. The van der Waals surface area contributed by atoms with Crippen LogP contribution in [0.1, 0.15) is 10.4 Å². The number of hydrogen-bond donors (Lipinski definition) is 0. The molecule has 0 unspecified atom stereocenters. The molecule has 0 spiro atoms. The molecule has 0 N–H and O–H groups in total. The van der Waals surface area contributed by atoms with Crippen LogP contribution in [0.4, 0.5) is 5.69 Å². The highest BCUT2D eigenvalue weighted by atomic mass is 16.6. The molecule has 8 nitrogen and oxygen atoms in total. The van der Waals surface area contributed by atoms with Crippen LogP contribution in [0, 0.1) is 10.1 Å². The number of esters is 1. The average Bonchev–Trinajstić information content (AvgIpc) is 2.90. The fourth-order valence-electron chi connectivity index (χ4n) is 1.44. The third-order valence-corrected chi connectivity index (χ3v) is 2.26. The lowest BCUT2D eigenvalue weighted by atomic mass is 10.1. The first-order valence-corrected chi connectivity index (χ1v) is 4.85. The highest BCUT2D eigenvalue weighted by molar-refractivity contribution is 5.90. The molecule has 8 heteroatoms. The molecule has 1 aromatic carbocycles. The molecule has 0 saturated heterocycles. The van der Waals surface area contributed by atoms with Gasteiger partial charge in [-0.05, 0) is 12.1 Å². The van der Waals surface area contributed by atoms with Gasteiger partial charge in [0, 0.05) is 6.07 Å². The Labute approximate surface area is 101 Å². The number of carbonyl (C=O) groups is 1. The zero-order valence-electron chi connectivity index (χ0n) is 9.31. The molecule has 2 rings (SSSR count). The third-order valence-electron chi connectivity index (χ3n) is 2.26. The Balaban J connectivity index is 2.59. The molecule has 0 radical (unpaired) electrons. The lowest BCUT2D eigenvalue weighted by Crippen LogP contribution is -2.06. The maximum atomic E-state index is 11.4. The molecule has 92 valence electrons. The maximum absolute atomic E-state index is 11.4. The fourth-order valence-corrected chi connectivity index (χ4v) is 1.44. The van der Waals surface area contributed by atoms with Crippen LogP contribution in [0.5, 0.6) is 0 Å². The van der Waals surface area contributed by atoms with Gasteiger partial charge in [0.25, 0.3) is 5.69 Å². The first-order chi connectivity index (χ1) is 8.63. The molecule has 18 heavy (non-hydrogen) atoms. The van der Waals surface area contributed by atoms with E-state index in [-0.39, 0.29) is 16.9 Å². The number of nitrogens with zero attached hydrogens (tertiary/aromatic N) is 4. The van der Waals surface area contributed by atoms with Gasteiger partial charge in [-0.3, -0.25) is 10.1 Å². The van der Waals surface area contributed by atoms with E-state index in [2.05, 4.69) is 14.8 Å². The predicted molar refractivity (Wildman–Crippen MR) is 59.4 cm³/mol. The fraction of sp³-hybridized carbons (Fsp3) is 0.100. The van der Waals surface area contributed by atoms with Crippen molar-refractivity contribution in [2.24, 2.45) is 0 Å². The van der Waals surface area contributed by atoms with Crippen LogP contribution in [-0.2, 0) is 4.74 Å². The van der Waals surface area contributed by atoms with Gasteiger partial charge in [-0.2, -0.15) is 5.10 Å². The largest absolute Gasteiger partial charge is 0.465 e. The monoisotopic (exact) mass is 248 g/mol. The van der Waals surface area contributed by atoms with E-state index in [4.69, 9.17) is 0 Å². The van der Waals surface area contributed by atoms with Gasteiger partial charge in [0.2, 0.25) is 0 Å². The predicted octanol–water partition coefficient (Wildman–Crippen LogP) is 0.962. The molecule has 0 atom stereocenters. The molecular weight excluding hydrogens is 240 g/mol. The van der Waals surface area contributed by atoms with Crippen molar-refractivity contribution >= 4 is 11.7 Å².